The number of hydrogen-bond donors (Lipinski definition) is 2. The molecule has 28 heavy (non-hydrogen) atoms. The third-order valence-corrected chi connectivity index (χ3v) is 5.55. The van der Waals surface area contributed by atoms with Gasteiger partial charge < -0.3 is 10.3 Å². The van der Waals surface area contributed by atoms with Gasteiger partial charge >= 0.3 is 0 Å². The van der Waals surface area contributed by atoms with Crippen molar-refractivity contribution in [2.75, 3.05) is 0 Å². The molecule has 144 valence electrons. The molecule has 1 aliphatic rings. The fourth-order valence-electron chi connectivity index (χ4n) is 3.75. The van der Waals surface area contributed by atoms with Crippen molar-refractivity contribution in [3.8, 4) is 0 Å². The van der Waals surface area contributed by atoms with Crippen LogP contribution in [0.2, 0.25) is 0 Å². The molecule has 0 aliphatic heterocycles. The number of nitrogens with one attached hydrogen (secondary N) is 2. The number of rotatable bonds is 4. The first kappa shape index (κ1) is 18.6. The molecule has 0 spiro atoms. The van der Waals surface area contributed by atoms with E-state index in [9.17, 15) is 14.0 Å². The average Bonchev–Trinajstić information content (AvgIpc) is 3.21. The molecule has 1 amide bonds. The Morgan fingerprint density at radius 1 is 1.18 bits per heavy atom. The molecule has 2 N–H and O–H groups in total. The second-order valence-corrected chi connectivity index (χ2v) is 7.50. The number of fused-ring (bicyclic) bond motifs is 1. The highest BCUT2D eigenvalue weighted by Crippen LogP contribution is 2.28. The molecule has 5 nitrogen and oxygen atoms in total. The lowest BCUT2D eigenvalue weighted by Crippen LogP contribution is -2.26. The first-order valence-electron chi connectivity index (χ1n) is 9.34. The van der Waals surface area contributed by atoms with E-state index in [1.54, 1.807) is 34.9 Å². The summed E-state index contributed by atoms with van der Waals surface area (Å²) in [5.41, 5.74) is 1.68. The summed E-state index contributed by atoms with van der Waals surface area (Å²) in [6.45, 7) is 0.288. The molecule has 1 aromatic heterocycles. The van der Waals surface area contributed by atoms with Gasteiger partial charge in [-0.05, 0) is 61.0 Å². The Bertz CT molecular complexity index is 1150. The summed E-state index contributed by atoms with van der Waals surface area (Å²) in [5.74, 6) is -0.589. The average molecular weight is 397 g/mol. The van der Waals surface area contributed by atoms with Gasteiger partial charge in [-0.25, -0.2) is 4.39 Å². The molecule has 0 atom stereocenters. The monoisotopic (exact) mass is 397 g/mol. The maximum atomic E-state index is 13.0. The molecule has 4 rings (SSSR count). The number of aromatic amines is 1. The molecule has 7 heteroatoms. The molecule has 0 radical (unpaired) electrons. The molecule has 1 heterocycles. The van der Waals surface area contributed by atoms with Gasteiger partial charge in [-0.1, -0.05) is 25.0 Å². The zero-order chi connectivity index (χ0) is 19.7. The maximum Gasteiger partial charge on any atom is 0.262 e. The highest BCUT2D eigenvalue weighted by Gasteiger charge is 2.20. The molecule has 0 saturated heterocycles. The number of aromatic nitrogens is 2. The minimum atomic E-state index is -0.317. The van der Waals surface area contributed by atoms with Crippen molar-refractivity contribution in [1.82, 2.24) is 14.9 Å². The smallest absolute Gasteiger partial charge is 0.262 e. The quantitative estimate of drug-likeness (QED) is 0.647. The first-order chi connectivity index (χ1) is 13.5. The van der Waals surface area contributed by atoms with Crippen LogP contribution in [-0.2, 0) is 6.54 Å². The fraction of sp³-hybridized carbons (Fsp3) is 0.286. The Balaban J connectivity index is 1.59. The van der Waals surface area contributed by atoms with Crippen LogP contribution < -0.4 is 10.9 Å². The molecular formula is C21H20FN3O2S. The van der Waals surface area contributed by atoms with Crippen molar-refractivity contribution in [3.05, 3.63) is 74.5 Å². The zero-order valence-electron chi connectivity index (χ0n) is 15.2. The van der Waals surface area contributed by atoms with Crippen LogP contribution in [-0.4, -0.2) is 15.5 Å². The van der Waals surface area contributed by atoms with Crippen molar-refractivity contribution in [2.45, 2.75) is 38.3 Å². The minimum Gasteiger partial charge on any atom is -0.348 e. The lowest BCUT2D eigenvalue weighted by atomic mass is 10.1. The standard InChI is InChI=1S/C21H20FN3O2S/c22-15-8-5-13(6-9-15)12-23-19(26)14-7-10-17-18(11-14)24-21(28)25(20(17)27)16-3-1-2-4-16/h5-11,16H,1-4,12H2,(H,23,26)(H,24,28). The van der Waals surface area contributed by atoms with E-state index in [1.165, 1.54) is 12.1 Å². The molecule has 3 aromatic rings. The van der Waals surface area contributed by atoms with Crippen molar-refractivity contribution in [3.63, 3.8) is 0 Å². The minimum absolute atomic E-state index is 0.107. The largest absolute Gasteiger partial charge is 0.348 e. The van der Waals surface area contributed by atoms with Gasteiger partial charge in [-0.3, -0.25) is 14.2 Å². The van der Waals surface area contributed by atoms with Gasteiger partial charge in [-0.15, -0.1) is 0 Å². The van der Waals surface area contributed by atoms with Crippen LogP contribution in [0.15, 0.2) is 47.3 Å². The molecule has 0 unspecified atom stereocenters. The van der Waals surface area contributed by atoms with Gasteiger partial charge in [0.15, 0.2) is 4.77 Å². The predicted octanol–water partition coefficient (Wildman–Crippen LogP) is 4.24. The second-order valence-electron chi connectivity index (χ2n) is 7.11. The fourth-order valence-corrected chi connectivity index (χ4v) is 4.10. The Kier molecular flexibility index (Phi) is 5.09. The summed E-state index contributed by atoms with van der Waals surface area (Å²) in [6.07, 6.45) is 4.15. The van der Waals surface area contributed by atoms with Crippen molar-refractivity contribution in [1.29, 1.82) is 0 Å². The van der Waals surface area contributed by atoms with Gasteiger partial charge in [0.25, 0.3) is 11.5 Å². The van der Waals surface area contributed by atoms with E-state index >= 15 is 0 Å². The number of benzene rings is 2. The van der Waals surface area contributed by atoms with Crippen LogP contribution >= 0.6 is 12.2 Å². The third kappa shape index (κ3) is 3.62. The number of nitrogens with zero attached hydrogens (tertiary/aromatic N) is 1. The van der Waals surface area contributed by atoms with Gasteiger partial charge in [0, 0.05) is 18.2 Å². The Morgan fingerprint density at radius 2 is 1.89 bits per heavy atom. The van der Waals surface area contributed by atoms with Gasteiger partial charge in [-0.2, -0.15) is 0 Å². The number of amides is 1. The van der Waals surface area contributed by atoms with E-state index in [2.05, 4.69) is 10.3 Å². The Morgan fingerprint density at radius 3 is 2.61 bits per heavy atom. The first-order valence-corrected chi connectivity index (χ1v) is 9.75. The number of hydrogen-bond acceptors (Lipinski definition) is 3. The summed E-state index contributed by atoms with van der Waals surface area (Å²) in [5, 5.41) is 3.32. The van der Waals surface area contributed by atoms with E-state index in [0.29, 0.717) is 21.2 Å². The molecule has 2 aromatic carbocycles. The van der Waals surface area contributed by atoms with E-state index in [0.717, 1.165) is 31.2 Å². The van der Waals surface area contributed by atoms with Crippen molar-refractivity contribution >= 4 is 29.0 Å². The lowest BCUT2D eigenvalue weighted by molar-refractivity contribution is 0.0951. The van der Waals surface area contributed by atoms with Crippen LogP contribution in [0.3, 0.4) is 0 Å². The lowest BCUT2D eigenvalue weighted by Gasteiger charge is -2.15. The maximum absolute atomic E-state index is 13.0. The predicted molar refractivity (Wildman–Crippen MR) is 108 cm³/mol. The van der Waals surface area contributed by atoms with E-state index in [4.69, 9.17) is 12.2 Å². The number of carbonyl (C=O) groups is 1. The molecular weight excluding hydrogens is 377 g/mol. The highest BCUT2D eigenvalue weighted by atomic mass is 32.1. The van der Waals surface area contributed by atoms with Crippen molar-refractivity contribution < 1.29 is 9.18 Å². The van der Waals surface area contributed by atoms with Gasteiger partial charge in [0.05, 0.1) is 10.9 Å². The summed E-state index contributed by atoms with van der Waals surface area (Å²) in [7, 11) is 0. The van der Waals surface area contributed by atoms with Crippen LogP contribution in [0.1, 0.15) is 47.6 Å². The van der Waals surface area contributed by atoms with Crippen molar-refractivity contribution in [2.24, 2.45) is 0 Å². The second kappa shape index (κ2) is 7.67. The summed E-state index contributed by atoms with van der Waals surface area (Å²) in [4.78, 5) is 28.5. The SMILES string of the molecule is O=C(NCc1ccc(F)cc1)c1ccc2c(=O)n(C3CCCC3)c(=S)[nH]c2c1. The van der Waals surface area contributed by atoms with Crippen LogP contribution in [0.4, 0.5) is 4.39 Å². The summed E-state index contributed by atoms with van der Waals surface area (Å²) in [6, 6.07) is 11.1. The van der Waals surface area contributed by atoms with E-state index < -0.39 is 0 Å². The molecule has 0 bridgehead atoms. The normalized spacial score (nSPS) is 14.5. The summed E-state index contributed by atoms with van der Waals surface area (Å²) >= 11 is 5.41. The Hall–Kier alpha value is -2.80. The third-order valence-electron chi connectivity index (χ3n) is 5.25. The summed E-state index contributed by atoms with van der Waals surface area (Å²) < 4.78 is 15.0. The zero-order valence-corrected chi connectivity index (χ0v) is 16.0. The van der Waals surface area contributed by atoms with E-state index in [-0.39, 0.29) is 29.9 Å². The molecule has 1 aliphatic carbocycles. The number of carbonyl (C=O) groups excluding carboxylic acids is 1. The number of H-pyrrole nitrogens is 1. The van der Waals surface area contributed by atoms with Gasteiger partial charge in [0.1, 0.15) is 5.82 Å². The highest BCUT2D eigenvalue weighted by molar-refractivity contribution is 7.71. The topological polar surface area (TPSA) is 66.9 Å². The van der Waals surface area contributed by atoms with Crippen LogP contribution in [0, 0.1) is 10.6 Å². The van der Waals surface area contributed by atoms with Crippen LogP contribution in [0.5, 0.6) is 0 Å². The Labute approximate surface area is 166 Å². The van der Waals surface area contributed by atoms with E-state index in [1.807, 2.05) is 0 Å². The molecule has 1 fully saturated rings. The van der Waals surface area contributed by atoms with Gasteiger partial charge in [0.2, 0.25) is 0 Å². The van der Waals surface area contributed by atoms with Crippen LogP contribution in [0.25, 0.3) is 10.9 Å². The molecule has 1 saturated carbocycles. The number of halogens is 1.